The maximum absolute atomic E-state index is 10.7. The van der Waals surface area contributed by atoms with Crippen LogP contribution in [0.5, 0.6) is 0 Å². The molecule has 0 unspecified atom stereocenters. The first-order valence-corrected chi connectivity index (χ1v) is 5.54. The van der Waals surface area contributed by atoms with Crippen LogP contribution < -0.4 is 5.32 Å². The van der Waals surface area contributed by atoms with Gasteiger partial charge in [-0.15, -0.1) is 0 Å². The van der Waals surface area contributed by atoms with E-state index in [4.69, 9.17) is 5.11 Å². The highest BCUT2D eigenvalue weighted by Gasteiger charge is 2.31. The van der Waals surface area contributed by atoms with Crippen LogP contribution in [0.3, 0.4) is 0 Å². The standard InChI is InChI=1S/C6H11NO5S/c1-13(10,11)12-4-2-5(6(8)9)7-3-4/h4-5,7H,2-3H2,1H3,(H,8,9)/t4-,5-/m0/s1. The van der Waals surface area contributed by atoms with Crippen LogP contribution in [0, 0.1) is 0 Å². The molecule has 1 saturated heterocycles. The number of aliphatic carboxylic acids is 1. The van der Waals surface area contributed by atoms with E-state index in [-0.39, 0.29) is 13.0 Å². The molecule has 1 aliphatic heterocycles. The third kappa shape index (κ3) is 3.29. The summed E-state index contributed by atoms with van der Waals surface area (Å²) in [6, 6.07) is -0.702. The van der Waals surface area contributed by atoms with Crippen molar-refractivity contribution < 1.29 is 22.5 Å². The van der Waals surface area contributed by atoms with Crippen LogP contribution in [0.2, 0.25) is 0 Å². The van der Waals surface area contributed by atoms with E-state index >= 15 is 0 Å². The lowest BCUT2D eigenvalue weighted by Gasteiger charge is -2.06. The highest BCUT2D eigenvalue weighted by Crippen LogP contribution is 2.12. The van der Waals surface area contributed by atoms with E-state index in [0.717, 1.165) is 6.26 Å². The van der Waals surface area contributed by atoms with Crippen LogP contribution in [-0.4, -0.2) is 44.4 Å². The Bertz CT molecular complexity index is 298. The Morgan fingerprint density at radius 2 is 2.23 bits per heavy atom. The molecule has 0 aromatic rings. The van der Waals surface area contributed by atoms with Gasteiger partial charge in [0.25, 0.3) is 10.1 Å². The molecule has 1 heterocycles. The Labute approximate surface area is 76.0 Å². The van der Waals surface area contributed by atoms with Gasteiger partial charge in [-0.25, -0.2) is 0 Å². The molecule has 0 radical (unpaired) electrons. The van der Waals surface area contributed by atoms with Crippen molar-refractivity contribution in [3.8, 4) is 0 Å². The van der Waals surface area contributed by atoms with Gasteiger partial charge in [0.15, 0.2) is 0 Å². The number of rotatable bonds is 3. The fourth-order valence-corrected chi connectivity index (χ4v) is 1.85. The minimum atomic E-state index is -3.49. The summed E-state index contributed by atoms with van der Waals surface area (Å²) in [6.45, 7) is 0.254. The van der Waals surface area contributed by atoms with E-state index in [2.05, 4.69) is 9.50 Å². The summed E-state index contributed by atoms with van der Waals surface area (Å²) >= 11 is 0. The molecule has 0 spiro atoms. The molecular weight excluding hydrogens is 198 g/mol. The molecule has 7 heteroatoms. The van der Waals surface area contributed by atoms with Gasteiger partial charge in [-0.2, -0.15) is 8.42 Å². The SMILES string of the molecule is CS(=O)(=O)O[C@@H]1CN[C@H](C(=O)O)C1. The number of hydrogen-bond donors (Lipinski definition) is 2. The maximum Gasteiger partial charge on any atom is 0.320 e. The smallest absolute Gasteiger partial charge is 0.320 e. The van der Waals surface area contributed by atoms with Crippen molar-refractivity contribution >= 4 is 16.1 Å². The normalized spacial score (nSPS) is 29.0. The lowest BCUT2D eigenvalue weighted by Crippen LogP contribution is -2.30. The first kappa shape index (κ1) is 10.4. The molecular formula is C6H11NO5S. The van der Waals surface area contributed by atoms with Gasteiger partial charge in [-0.05, 0) is 0 Å². The van der Waals surface area contributed by atoms with Gasteiger partial charge in [0.2, 0.25) is 0 Å². The molecule has 76 valence electrons. The van der Waals surface area contributed by atoms with E-state index < -0.39 is 28.2 Å². The molecule has 2 atom stereocenters. The van der Waals surface area contributed by atoms with E-state index in [9.17, 15) is 13.2 Å². The first-order valence-electron chi connectivity index (χ1n) is 3.73. The van der Waals surface area contributed by atoms with Crippen LogP contribution in [0.1, 0.15) is 6.42 Å². The third-order valence-electron chi connectivity index (χ3n) is 1.70. The lowest BCUT2D eigenvalue weighted by atomic mass is 10.2. The zero-order valence-electron chi connectivity index (χ0n) is 7.06. The summed E-state index contributed by atoms with van der Waals surface area (Å²) in [6.07, 6.45) is 0.569. The minimum absolute atomic E-state index is 0.183. The summed E-state index contributed by atoms with van der Waals surface area (Å²) in [4.78, 5) is 10.4. The second-order valence-electron chi connectivity index (χ2n) is 2.96. The lowest BCUT2D eigenvalue weighted by molar-refractivity contribution is -0.139. The van der Waals surface area contributed by atoms with E-state index in [1.54, 1.807) is 0 Å². The van der Waals surface area contributed by atoms with Crippen LogP contribution in [0.4, 0.5) is 0 Å². The maximum atomic E-state index is 10.7. The van der Waals surface area contributed by atoms with Crippen molar-refractivity contribution in [3.05, 3.63) is 0 Å². The fourth-order valence-electron chi connectivity index (χ4n) is 1.21. The Kier molecular flexibility index (Phi) is 2.89. The van der Waals surface area contributed by atoms with Gasteiger partial charge in [0.05, 0.1) is 12.4 Å². The Hall–Kier alpha value is -0.660. The minimum Gasteiger partial charge on any atom is -0.480 e. The van der Waals surface area contributed by atoms with E-state index in [1.807, 2.05) is 0 Å². The quantitative estimate of drug-likeness (QED) is 0.566. The van der Waals surface area contributed by atoms with Crippen molar-refractivity contribution in [2.24, 2.45) is 0 Å². The fraction of sp³-hybridized carbons (Fsp3) is 0.833. The van der Waals surface area contributed by atoms with Gasteiger partial charge in [0, 0.05) is 13.0 Å². The first-order chi connectivity index (χ1) is 5.88. The molecule has 13 heavy (non-hydrogen) atoms. The molecule has 1 fully saturated rings. The predicted molar refractivity (Wildman–Crippen MR) is 43.8 cm³/mol. The van der Waals surface area contributed by atoms with Crippen LogP contribution >= 0.6 is 0 Å². The molecule has 0 aromatic heterocycles. The van der Waals surface area contributed by atoms with E-state index in [0.29, 0.717) is 0 Å². The van der Waals surface area contributed by atoms with Gasteiger partial charge >= 0.3 is 5.97 Å². The number of hydrogen-bond acceptors (Lipinski definition) is 5. The third-order valence-corrected chi connectivity index (χ3v) is 2.32. The highest BCUT2D eigenvalue weighted by atomic mass is 32.2. The molecule has 0 amide bonds. The predicted octanol–water partition coefficient (Wildman–Crippen LogP) is -1.22. The summed E-state index contributed by atoms with van der Waals surface area (Å²) in [5.74, 6) is -0.986. The summed E-state index contributed by atoms with van der Waals surface area (Å²) < 4.78 is 26.0. The van der Waals surface area contributed by atoms with Gasteiger partial charge in [-0.3, -0.25) is 8.98 Å². The molecule has 0 aliphatic carbocycles. The zero-order chi connectivity index (χ0) is 10.1. The molecule has 0 aromatic carbocycles. The van der Waals surface area contributed by atoms with Crippen molar-refractivity contribution in [2.45, 2.75) is 18.6 Å². The topological polar surface area (TPSA) is 92.7 Å². The second kappa shape index (κ2) is 3.60. The average molecular weight is 209 g/mol. The van der Waals surface area contributed by atoms with E-state index in [1.165, 1.54) is 0 Å². The number of carboxylic acids is 1. The highest BCUT2D eigenvalue weighted by molar-refractivity contribution is 7.86. The van der Waals surface area contributed by atoms with Crippen LogP contribution in [0.15, 0.2) is 0 Å². The second-order valence-corrected chi connectivity index (χ2v) is 4.56. The Balaban J connectivity index is 2.47. The van der Waals surface area contributed by atoms with Crippen LogP contribution in [0.25, 0.3) is 0 Å². The molecule has 2 N–H and O–H groups in total. The summed E-state index contributed by atoms with van der Waals surface area (Å²) in [5, 5.41) is 11.2. The molecule has 0 saturated carbocycles. The molecule has 0 bridgehead atoms. The van der Waals surface area contributed by atoms with Crippen molar-refractivity contribution in [3.63, 3.8) is 0 Å². The van der Waals surface area contributed by atoms with Crippen molar-refractivity contribution in [2.75, 3.05) is 12.8 Å². The number of nitrogens with one attached hydrogen (secondary N) is 1. The summed E-state index contributed by atoms with van der Waals surface area (Å²) in [5.41, 5.74) is 0. The number of carboxylic acid groups (broad SMARTS) is 1. The Morgan fingerprint density at radius 1 is 1.62 bits per heavy atom. The van der Waals surface area contributed by atoms with Gasteiger partial charge < -0.3 is 10.4 Å². The van der Waals surface area contributed by atoms with Gasteiger partial charge in [-0.1, -0.05) is 0 Å². The molecule has 1 aliphatic rings. The number of carbonyl (C=O) groups is 1. The largest absolute Gasteiger partial charge is 0.480 e. The van der Waals surface area contributed by atoms with Gasteiger partial charge in [0.1, 0.15) is 6.04 Å². The summed E-state index contributed by atoms with van der Waals surface area (Å²) in [7, 11) is -3.49. The van der Waals surface area contributed by atoms with Crippen molar-refractivity contribution in [1.82, 2.24) is 5.32 Å². The average Bonchev–Trinajstić information content (AvgIpc) is 2.31. The van der Waals surface area contributed by atoms with Crippen LogP contribution in [-0.2, 0) is 19.1 Å². The molecule has 1 rings (SSSR count). The monoisotopic (exact) mass is 209 g/mol. The Morgan fingerprint density at radius 3 is 2.62 bits per heavy atom. The zero-order valence-corrected chi connectivity index (χ0v) is 7.87. The van der Waals surface area contributed by atoms with Crippen molar-refractivity contribution in [1.29, 1.82) is 0 Å². The molecule has 6 nitrogen and oxygen atoms in total.